The van der Waals surface area contributed by atoms with Gasteiger partial charge >= 0.3 is 0 Å². The molecule has 0 aliphatic carbocycles. The predicted molar refractivity (Wildman–Crippen MR) is 104 cm³/mol. The van der Waals surface area contributed by atoms with Crippen molar-refractivity contribution in [1.82, 2.24) is 9.29 Å². The maximum Gasteiger partial charge on any atom is 0.244 e. The van der Waals surface area contributed by atoms with Crippen LogP contribution in [0.5, 0.6) is 11.5 Å². The number of hydrogen-bond acceptors (Lipinski definition) is 6. The fourth-order valence-electron chi connectivity index (χ4n) is 3.17. The van der Waals surface area contributed by atoms with E-state index in [-0.39, 0.29) is 17.3 Å². The minimum absolute atomic E-state index is 0.120. The molecule has 1 fully saturated rings. The number of rotatable bonds is 6. The normalized spacial score (nSPS) is 17.7. The van der Waals surface area contributed by atoms with E-state index in [2.05, 4.69) is 10.3 Å². The first-order chi connectivity index (χ1) is 13.5. The van der Waals surface area contributed by atoms with Gasteiger partial charge in [-0.25, -0.2) is 8.42 Å². The average Bonchev–Trinajstić information content (AvgIpc) is 2.74. The van der Waals surface area contributed by atoms with Crippen molar-refractivity contribution in [2.45, 2.75) is 17.7 Å². The summed E-state index contributed by atoms with van der Waals surface area (Å²) >= 11 is 0. The number of sulfonamides is 1. The second kappa shape index (κ2) is 8.57. The quantitative estimate of drug-likeness (QED) is 0.791. The highest BCUT2D eigenvalue weighted by atomic mass is 32.2. The van der Waals surface area contributed by atoms with Crippen LogP contribution in [-0.4, -0.2) is 50.9 Å². The Morgan fingerprint density at radius 3 is 2.75 bits per heavy atom. The number of amides is 1. The molecule has 1 aromatic heterocycles. The van der Waals surface area contributed by atoms with Crippen molar-refractivity contribution in [3.05, 3.63) is 42.7 Å². The first-order valence-electron chi connectivity index (χ1n) is 8.88. The predicted octanol–water partition coefficient (Wildman–Crippen LogP) is 2.14. The molecular formula is C19H23N3O5S. The van der Waals surface area contributed by atoms with Crippen molar-refractivity contribution in [3.63, 3.8) is 0 Å². The number of hydrogen-bond donors (Lipinski definition) is 1. The maximum absolute atomic E-state index is 12.8. The van der Waals surface area contributed by atoms with Crippen LogP contribution < -0.4 is 14.8 Å². The van der Waals surface area contributed by atoms with Crippen LogP contribution >= 0.6 is 0 Å². The zero-order chi connectivity index (χ0) is 20.1. The molecule has 1 amide bonds. The highest BCUT2D eigenvalue weighted by Crippen LogP contribution is 2.30. The minimum atomic E-state index is -3.68. The van der Waals surface area contributed by atoms with E-state index in [1.807, 2.05) is 0 Å². The standard InChI is InChI=1S/C19H23N3O5S/c1-26-15-7-8-18(27-2)17(11-15)21-19(23)14-5-4-10-22(13-14)28(24,25)16-6-3-9-20-12-16/h3,6-9,11-12,14H,4-5,10,13H2,1-2H3,(H,21,23)/t14-/m0/s1. The fourth-order valence-corrected chi connectivity index (χ4v) is 4.66. The fraction of sp³-hybridized carbons (Fsp3) is 0.368. The molecule has 0 unspecified atom stereocenters. The summed E-state index contributed by atoms with van der Waals surface area (Å²) in [5.74, 6) is 0.374. The van der Waals surface area contributed by atoms with Crippen LogP contribution in [0.2, 0.25) is 0 Å². The van der Waals surface area contributed by atoms with Gasteiger partial charge in [0.1, 0.15) is 16.4 Å². The third-order valence-corrected chi connectivity index (χ3v) is 6.54. The van der Waals surface area contributed by atoms with Crippen molar-refractivity contribution >= 4 is 21.6 Å². The first kappa shape index (κ1) is 20.1. The van der Waals surface area contributed by atoms with Gasteiger partial charge in [0.2, 0.25) is 15.9 Å². The number of anilines is 1. The van der Waals surface area contributed by atoms with Gasteiger partial charge in [-0.05, 0) is 37.1 Å². The Morgan fingerprint density at radius 2 is 2.07 bits per heavy atom. The molecule has 1 aromatic carbocycles. The molecule has 0 spiro atoms. The molecule has 0 radical (unpaired) electrons. The van der Waals surface area contributed by atoms with E-state index in [1.54, 1.807) is 24.3 Å². The SMILES string of the molecule is COc1ccc(OC)c(NC(=O)[C@H]2CCCN(S(=O)(=O)c3cccnc3)C2)c1. The smallest absolute Gasteiger partial charge is 0.244 e. The lowest BCUT2D eigenvalue weighted by Crippen LogP contribution is -2.43. The zero-order valence-electron chi connectivity index (χ0n) is 15.8. The van der Waals surface area contributed by atoms with E-state index in [0.29, 0.717) is 36.6 Å². The minimum Gasteiger partial charge on any atom is -0.497 e. The molecule has 1 aliphatic rings. The Kier molecular flexibility index (Phi) is 6.15. The second-order valence-electron chi connectivity index (χ2n) is 6.45. The molecule has 1 saturated heterocycles. The Labute approximate surface area is 164 Å². The van der Waals surface area contributed by atoms with Gasteiger partial charge in [0, 0.05) is 31.5 Å². The molecule has 1 atom stereocenters. The Bertz CT molecular complexity index is 934. The molecule has 3 rings (SSSR count). The largest absolute Gasteiger partial charge is 0.497 e. The summed E-state index contributed by atoms with van der Waals surface area (Å²) in [6.07, 6.45) is 4.05. The number of nitrogens with zero attached hydrogens (tertiary/aromatic N) is 2. The molecule has 2 heterocycles. The summed E-state index contributed by atoms with van der Waals surface area (Å²) < 4.78 is 37.5. The van der Waals surface area contributed by atoms with Crippen molar-refractivity contribution in [1.29, 1.82) is 0 Å². The second-order valence-corrected chi connectivity index (χ2v) is 8.38. The topological polar surface area (TPSA) is 97.8 Å². The van der Waals surface area contributed by atoms with Crippen LogP contribution in [0.15, 0.2) is 47.6 Å². The van der Waals surface area contributed by atoms with Gasteiger partial charge in [-0.15, -0.1) is 0 Å². The third kappa shape index (κ3) is 4.26. The molecule has 0 bridgehead atoms. The maximum atomic E-state index is 12.8. The van der Waals surface area contributed by atoms with Crippen molar-refractivity contribution in [2.24, 2.45) is 5.92 Å². The molecule has 8 nitrogen and oxygen atoms in total. The molecule has 2 aromatic rings. The number of piperidine rings is 1. The number of pyridine rings is 1. The van der Waals surface area contributed by atoms with E-state index in [1.165, 1.54) is 37.0 Å². The van der Waals surface area contributed by atoms with Crippen LogP contribution in [-0.2, 0) is 14.8 Å². The van der Waals surface area contributed by atoms with Crippen molar-refractivity contribution in [3.8, 4) is 11.5 Å². The van der Waals surface area contributed by atoms with Gasteiger partial charge in [-0.3, -0.25) is 9.78 Å². The Morgan fingerprint density at radius 1 is 1.25 bits per heavy atom. The van der Waals surface area contributed by atoms with E-state index in [9.17, 15) is 13.2 Å². The van der Waals surface area contributed by atoms with Crippen LogP contribution in [0.4, 0.5) is 5.69 Å². The number of aromatic nitrogens is 1. The van der Waals surface area contributed by atoms with Gasteiger partial charge in [0.15, 0.2) is 0 Å². The molecular weight excluding hydrogens is 382 g/mol. The van der Waals surface area contributed by atoms with Gasteiger partial charge in [-0.2, -0.15) is 4.31 Å². The highest BCUT2D eigenvalue weighted by molar-refractivity contribution is 7.89. The summed E-state index contributed by atoms with van der Waals surface area (Å²) in [6, 6.07) is 8.19. The number of carbonyl (C=O) groups is 1. The lowest BCUT2D eigenvalue weighted by Gasteiger charge is -2.31. The molecule has 0 saturated carbocycles. The van der Waals surface area contributed by atoms with Crippen molar-refractivity contribution < 1.29 is 22.7 Å². The Balaban J connectivity index is 1.75. The number of ether oxygens (including phenoxy) is 2. The Hall–Kier alpha value is -2.65. The molecule has 28 heavy (non-hydrogen) atoms. The highest BCUT2D eigenvalue weighted by Gasteiger charge is 2.33. The van der Waals surface area contributed by atoms with E-state index in [0.717, 1.165) is 0 Å². The summed E-state index contributed by atoms with van der Waals surface area (Å²) in [5.41, 5.74) is 0.485. The van der Waals surface area contributed by atoms with Gasteiger partial charge < -0.3 is 14.8 Å². The lowest BCUT2D eigenvalue weighted by atomic mass is 9.98. The van der Waals surface area contributed by atoms with Gasteiger partial charge in [-0.1, -0.05) is 0 Å². The monoisotopic (exact) mass is 405 g/mol. The lowest BCUT2D eigenvalue weighted by molar-refractivity contribution is -0.120. The summed E-state index contributed by atoms with van der Waals surface area (Å²) in [5, 5.41) is 2.84. The number of carbonyl (C=O) groups excluding carboxylic acids is 1. The van der Waals surface area contributed by atoms with E-state index in [4.69, 9.17) is 9.47 Å². The van der Waals surface area contributed by atoms with Crippen molar-refractivity contribution in [2.75, 3.05) is 32.6 Å². The zero-order valence-corrected chi connectivity index (χ0v) is 16.6. The molecule has 150 valence electrons. The van der Waals surface area contributed by atoms with Crippen LogP contribution in [0, 0.1) is 5.92 Å². The first-order valence-corrected chi connectivity index (χ1v) is 10.3. The molecule has 9 heteroatoms. The average molecular weight is 405 g/mol. The van der Waals surface area contributed by atoms with E-state index < -0.39 is 15.9 Å². The van der Waals surface area contributed by atoms with Crippen LogP contribution in [0.1, 0.15) is 12.8 Å². The third-order valence-electron chi connectivity index (χ3n) is 4.69. The van der Waals surface area contributed by atoms with Crippen LogP contribution in [0.3, 0.4) is 0 Å². The van der Waals surface area contributed by atoms with E-state index >= 15 is 0 Å². The number of benzene rings is 1. The number of methoxy groups -OCH3 is 2. The van der Waals surface area contributed by atoms with Crippen LogP contribution in [0.25, 0.3) is 0 Å². The number of nitrogens with one attached hydrogen (secondary N) is 1. The summed E-state index contributed by atoms with van der Waals surface area (Å²) in [7, 11) is -0.627. The molecule has 1 N–H and O–H groups in total. The van der Waals surface area contributed by atoms with Gasteiger partial charge in [0.05, 0.1) is 25.8 Å². The van der Waals surface area contributed by atoms with Gasteiger partial charge in [0.25, 0.3) is 0 Å². The summed E-state index contributed by atoms with van der Waals surface area (Å²) in [6.45, 7) is 0.499. The molecule has 1 aliphatic heterocycles. The summed E-state index contributed by atoms with van der Waals surface area (Å²) in [4.78, 5) is 16.8.